The SMILES string of the molecule is CCSC1=C(c2ccc(OC)cc2)C(=O)N(c2cc(Cl)ccc2Cl)C1=O. The van der Waals surface area contributed by atoms with Crippen LogP contribution in [0.5, 0.6) is 5.75 Å². The molecule has 1 heterocycles. The molecular weight excluding hydrogens is 393 g/mol. The molecule has 7 heteroatoms. The highest BCUT2D eigenvalue weighted by Crippen LogP contribution is 2.41. The third-order valence-electron chi connectivity index (χ3n) is 3.86. The number of benzene rings is 2. The number of ether oxygens (including phenoxy) is 1. The van der Waals surface area contributed by atoms with Crippen LogP contribution >= 0.6 is 35.0 Å². The van der Waals surface area contributed by atoms with Crippen LogP contribution in [0.15, 0.2) is 47.4 Å². The van der Waals surface area contributed by atoms with E-state index in [0.29, 0.717) is 32.6 Å². The first-order valence-electron chi connectivity index (χ1n) is 7.83. The Labute approximate surface area is 165 Å². The van der Waals surface area contributed by atoms with Crippen molar-refractivity contribution in [2.75, 3.05) is 17.8 Å². The lowest BCUT2D eigenvalue weighted by molar-refractivity contribution is -0.119. The van der Waals surface area contributed by atoms with Gasteiger partial charge in [0.25, 0.3) is 11.8 Å². The number of halogens is 2. The highest BCUT2D eigenvalue weighted by atomic mass is 35.5. The minimum atomic E-state index is -0.416. The van der Waals surface area contributed by atoms with Crippen LogP contribution in [0.1, 0.15) is 12.5 Å². The van der Waals surface area contributed by atoms with E-state index in [-0.39, 0.29) is 10.7 Å². The first-order chi connectivity index (χ1) is 12.5. The number of hydrogen-bond donors (Lipinski definition) is 0. The van der Waals surface area contributed by atoms with E-state index in [4.69, 9.17) is 27.9 Å². The summed E-state index contributed by atoms with van der Waals surface area (Å²) in [7, 11) is 1.57. The Hall–Kier alpha value is -1.95. The topological polar surface area (TPSA) is 46.6 Å². The molecule has 0 atom stereocenters. The van der Waals surface area contributed by atoms with Gasteiger partial charge in [0.15, 0.2) is 0 Å². The molecule has 0 saturated heterocycles. The van der Waals surface area contributed by atoms with Crippen molar-refractivity contribution in [2.24, 2.45) is 0 Å². The van der Waals surface area contributed by atoms with Crippen molar-refractivity contribution in [1.29, 1.82) is 0 Å². The third kappa shape index (κ3) is 3.34. The standard InChI is InChI=1S/C19H15Cl2NO3S/c1-3-26-17-16(11-4-7-13(25-2)8-5-11)18(23)22(19(17)24)15-10-12(20)6-9-14(15)21/h4-10H,3H2,1-2H3. The van der Waals surface area contributed by atoms with Gasteiger partial charge in [-0.3, -0.25) is 9.59 Å². The van der Waals surface area contributed by atoms with E-state index in [1.54, 1.807) is 43.5 Å². The number of rotatable bonds is 5. The minimum absolute atomic E-state index is 0.284. The minimum Gasteiger partial charge on any atom is -0.497 e. The molecule has 0 spiro atoms. The number of anilines is 1. The van der Waals surface area contributed by atoms with Crippen molar-refractivity contribution >= 4 is 58.0 Å². The smallest absolute Gasteiger partial charge is 0.272 e. The summed E-state index contributed by atoms with van der Waals surface area (Å²) in [5.74, 6) is 0.521. The van der Waals surface area contributed by atoms with E-state index in [9.17, 15) is 9.59 Å². The summed E-state index contributed by atoms with van der Waals surface area (Å²) < 4.78 is 5.16. The van der Waals surface area contributed by atoms with Crippen molar-refractivity contribution in [3.63, 3.8) is 0 Å². The molecule has 2 aromatic rings. The van der Waals surface area contributed by atoms with Crippen molar-refractivity contribution in [3.05, 3.63) is 63.0 Å². The molecule has 0 aromatic heterocycles. The van der Waals surface area contributed by atoms with Crippen LogP contribution in [-0.2, 0) is 9.59 Å². The monoisotopic (exact) mass is 407 g/mol. The fourth-order valence-corrected chi connectivity index (χ4v) is 3.90. The number of carbonyl (C=O) groups is 2. The highest BCUT2D eigenvalue weighted by Gasteiger charge is 2.40. The summed E-state index contributed by atoms with van der Waals surface area (Å²) in [6, 6.07) is 11.7. The average molecular weight is 408 g/mol. The van der Waals surface area contributed by atoms with Crippen LogP contribution in [0, 0.1) is 0 Å². The number of imide groups is 1. The summed E-state index contributed by atoms with van der Waals surface area (Å²) in [6.07, 6.45) is 0. The van der Waals surface area contributed by atoms with E-state index >= 15 is 0 Å². The van der Waals surface area contributed by atoms with Gasteiger partial charge in [-0.15, -0.1) is 11.8 Å². The Balaban J connectivity index is 2.10. The van der Waals surface area contributed by atoms with Gasteiger partial charge in [0, 0.05) is 5.02 Å². The van der Waals surface area contributed by atoms with E-state index in [1.165, 1.54) is 17.8 Å². The van der Waals surface area contributed by atoms with Gasteiger partial charge in [0.1, 0.15) is 5.75 Å². The maximum Gasteiger partial charge on any atom is 0.272 e. The number of carbonyl (C=O) groups excluding carboxylic acids is 2. The van der Waals surface area contributed by atoms with Crippen LogP contribution in [0.2, 0.25) is 10.0 Å². The molecule has 0 bridgehead atoms. The second-order valence-corrected chi connectivity index (χ2v) is 7.52. The highest BCUT2D eigenvalue weighted by molar-refractivity contribution is 8.04. The van der Waals surface area contributed by atoms with Gasteiger partial charge in [-0.2, -0.15) is 0 Å². The van der Waals surface area contributed by atoms with Crippen molar-refractivity contribution in [2.45, 2.75) is 6.92 Å². The molecule has 0 fully saturated rings. The summed E-state index contributed by atoms with van der Waals surface area (Å²) >= 11 is 13.6. The number of nitrogens with zero attached hydrogens (tertiary/aromatic N) is 1. The van der Waals surface area contributed by atoms with Gasteiger partial charge in [-0.05, 0) is 41.6 Å². The lowest BCUT2D eigenvalue weighted by atomic mass is 10.1. The Morgan fingerprint density at radius 3 is 2.35 bits per heavy atom. The number of amides is 2. The van der Waals surface area contributed by atoms with Crippen molar-refractivity contribution in [3.8, 4) is 5.75 Å². The van der Waals surface area contributed by atoms with Crippen LogP contribution in [0.3, 0.4) is 0 Å². The molecular formula is C19H15Cl2NO3S. The summed E-state index contributed by atoms with van der Waals surface area (Å²) in [5, 5.41) is 0.681. The molecule has 0 aliphatic carbocycles. The molecule has 1 aliphatic rings. The molecule has 2 aromatic carbocycles. The van der Waals surface area contributed by atoms with Crippen LogP contribution < -0.4 is 9.64 Å². The lowest BCUT2D eigenvalue weighted by Crippen LogP contribution is -2.31. The molecule has 4 nitrogen and oxygen atoms in total. The Morgan fingerprint density at radius 2 is 1.73 bits per heavy atom. The van der Waals surface area contributed by atoms with Crippen LogP contribution in [0.25, 0.3) is 5.57 Å². The molecule has 2 amide bonds. The predicted octanol–water partition coefficient (Wildman–Crippen LogP) is 5.04. The number of hydrogen-bond acceptors (Lipinski definition) is 4. The Kier molecular flexibility index (Phi) is 5.61. The molecule has 134 valence electrons. The van der Waals surface area contributed by atoms with Gasteiger partial charge >= 0.3 is 0 Å². The Morgan fingerprint density at radius 1 is 1.04 bits per heavy atom. The van der Waals surface area contributed by atoms with Gasteiger partial charge in [0.05, 0.1) is 28.3 Å². The molecule has 0 N–H and O–H groups in total. The Bertz CT molecular complexity index is 910. The zero-order valence-corrected chi connectivity index (χ0v) is 16.4. The lowest BCUT2D eigenvalue weighted by Gasteiger charge is -2.17. The number of thioether (sulfide) groups is 1. The molecule has 1 aliphatic heterocycles. The summed E-state index contributed by atoms with van der Waals surface area (Å²) in [6.45, 7) is 1.93. The maximum absolute atomic E-state index is 13.1. The van der Waals surface area contributed by atoms with E-state index in [1.807, 2.05) is 6.92 Å². The zero-order chi connectivity index (χ0) is 18.8. The zero-order valence-electron chi connectivity index (χ0n) is 14.1. The largest absolute Gasteiger partial charge is 0.497 e. The van der Waals surface area contributed by atoms with E-state index in [0.717, 1.165) is 4.90 Å². The van der Waals surface area contributed by atoms with E-state index < -0.39 is 11.8 Å². The van der Waals surface area contributed by atoms with Crippen molar-refractivity contribution in [1.82, 2.24) is 0 Å². The van der Waals surface area contributed by atoms with Gasteiger partial charge in [-0.1, -0.05) is 42.3 Å². The molecule has 0 radical (unpaired) electrons. The quantitative estimate of drug-likeness (QED) is 0.651. The van der Waals surface area contributed by atoms with Gasteiger partial charge < -0.3 is 4.74 Å². The van der Waals surface area contributed by atoms with Crippen LogP contribution in [0.4, 0.5) is 5.69 Å². The first kappa shape index (κ1) is 18.8. The molecule has 0 saturated carbocycles. The predicted molar refractivity (Wildman–Crippen MR) is 107 cm³/mol. The number of methoxy groups -OCH3 is 1. The molecule has 0 unspecified atom stereocenters. The maximum atomic E-state index is 13.1. The van der Waals surface area contributed by atoms with Gasteiger partial charge in [0.2, 0.25) is 0 Å². The van der Waals surface area contributed by atoms with Crippen molar-refractivity contribution < 1.29 is 14.3 Å². The normalized spacial score (nSPS) is 14.4. The fourth-order valence-electron chi connectivity index (χ4n) is 2.68. The first-order valence-corrected chi connectivity index (χ1v) is 9.57. The fraction of sp³-hybridized carbons (Fsp3) is 0.158. The van der Waals surface area contributed by atoms with Gasteiger partial charge in [-0.25, -0.2) is 4.90 Å². The molecule has 3 rings (SSSR count). The second-order valence-electron chi connectivity index (χ2n) is 5.41. The summed E-state index contributed by atoms with van der Waals surface area (Å²) in [4.78, 5) is 27.6. The third-order valence-corrected chi connectivity index (χ3v) is 5.37. The average Bonchev–Trinajstić information content (AvgIpc) is 2.88. The summed E-state index contributed by atoms with van der Waals surface area (Å²) in [5.41, 5.74) is 1.30. The second kappa shape index (κ2) is 7.74. The van der Waals surface area contributed by atoms with E-state index in [2.05, 4.69) is 0 Å². The molecule has 26 heavy (non-hydrogen) atoms. The van der Waals surface area contributed by atoms with Crippen LogP contribution in [-0.4, -0.2) is 24.7 Å².